The van der Waals surface area contributed by atoms with Crippen LogP contribution in [0.15, 0.2) is 85.1 Å². The van der Waals surface area contributed by atoms with Gasteiger partial charge in [-0.1, -0.05) is 54.6 Å². The molecule has 0 spiro atoms. The summed E-state index contributed by atoms with van der Waals surface area (Å²) in [5.41, 5.74) is 7.41. The second-order valence-corrected chi connectivity index (χ2v) is 8.11. The lowest BCUT2D eigenvalue weighted by atomic mass is 10.1. The molecular formula is C27H24N4O5. The Hall–Kier alpha value is -4.79. The van der Waals surface area contributed by atoms with Gasteiger partial charge >= 0.3 is 0 Å². The van der Waals surface area contributed by atoms with Crippen LogP contribution in [-0.4, -0.2) is 41.4 Å². The van der Waals surface area contributed by atoms with Crippen molar-refractivity contribution in [2.75, 3.05) is 13.7 Å². The van der Waals surface area contributed by atoms with E-state index in [1.807, 2.05) is 54.6 Å². The van der Waals surface area contributed by atoms with Gasteiger partial charge in [0.1, 0.15) is 18.1 Å². The number of para-hydroxylation sites is 2. The molecule has 0 aliphatic carbocycles. The van der Waals surface area contributed by atoms with Crippen molar-refractivity contribution < 1.29 is 23.8 Å². The Morgan fingerprint density at radius 3 is 2.58 bits per heavy atom. The Morgan fingerprint density at radius 2 is 1.78 bits per heavy atom. The molecule has 0 fully saturated rings. The Morgan fingerprint density at radius 1 is 1.00 bits per heavy atom. The summed E-state index contributed by atoms with van der Waals surface area (Å²) in [5.74, 6) is 0.631. The summed E-state index contributed by atoms with van der Waals surface area (Å²) in [7, 11) is 1.58. The van der Waals surface area contributed by atoms with E-state index in [0.29, 0.717) is 40.6 Å². The van der Waals surface area contributed by atoms with Crippen LogP contribution in [0.3, 0.4) is 0 Å². The van der Waals surface area contributed by atoms with E-state index < -0.39 is 17.9 Å². The molecule has 1 aliphatic heterocycles. The van der Waals surface area contributed by atoms with Crippen molar-refractivity contribution in [1.82, 2.24) is 20.6 Å². The molecule has 1 aromatic heterocycles. The SMILES string of the molecule is COc1cccc(-c2nn(Cc3ccccc3)cc2C(=O)NNC(=O)[C@@H]2COc3ccccc3O2)c1. The number of carbonyl (C=O) groups is 2. The van der Waals surface area contributed by atoms with Crippen molar-refractivity contribution >= 4 is 11.8 Å². The van der Waals surface area contributed by atoms with Crippen molar-refractivity contribution in [3.05, 3.63) is 96.2 Å². The average molecular weight is 485 g/mol. The van der Waals surface area contributed by atoms with E-state index in [4.69, 9.17) is 14.2 Å². The molecule has 9 nitrogen and oxygen atoms in total. The highest BCUT2D eigenvalue weighted by Gasteiger charge is 2.28. The molecule has 0 saturated carbocycles. The van der Waals surface area contributed by atoms with Gasteiger partial charge in [0.2, 0.25) is 6.10 Å². The van der Waals surface area contributed by atoms with E-state index in [1.165, 1.54) is 0 Å². The Labute approximate surface area is 207 Å². The number of ether oxygens (including phenoxy) is 3. The van der Waals surface area contributed by atoms with Crippen molar-refractivity contribution in [2.24, 2.45) is 0 Å². The maximum atomic E-state index is 13.2. The molecule has 0 unspecified atom stereocenters. The lowest BCUT2D eigenvalue weighted by Crippen LogP contribution is -2.50. The molecule has 1 atom stereocenters. The molecule has 2 heterocycles. The summed E-state index contributed by atoms with van der Waals surface area (Å²) in [6, 6.07) is 24.2. The van der Waals surface area contributed by atoms with Crippen LogP contribution in [0.1, 0.15) is 15.9 Å². The Bertz CT molecular complexity index is 1390. The smallest absolute Gasteiger partial charge is 0.283 e. The maximum Gasteiger partial charge on any atom is 0.283 e. The van der Waals surface area contributed by atoms with Crippen LogP contribution in [0.2, 0.25) is 0 Å². The van der Waals surface area contributed by atoms with Gasteiger partial charge in [-0.25, -0.2) is 0 Å². The fourth-order valence-electron chi connectivity index (χ4n) is 3.84. The van der Waals surface area contributed by atoms with Crippen LogP contribution < -0.4 is 25.1 Å². The number of benzene rings is 3. The number of methoxy groups -OCH3 is 1. The summed E-state index contributed by atoms with van der Waals surface area (Å²) >= 11 is 0. The van der Waals surface area contributed by atoms with Gasteiger partial charge < -0.3 is 14.2 Å². The van der Waals surface area contributed by atoms with Crippen molar-refractivity contribution in [1.29, 1.82) is 0 Å². The molecule has 5 rings (SSSR count). The zero-order chi connectivity index (χ0) is 24.9. The molecule has 0 saturated heterocycles. The minimum Gasteiger partial charge on any atom is -0.497 e. The zero-order valence-corrected chi connectivity index (χ0v) is 19.5. The summed E-state index contributed by atoms with van der Waals surface area (Å²) in [6.07, 6.45) is 0.749. The molecule has 3 aromatic carbocycles. The van der Waals surface area contributed by atoms with Gasteiger partial charge in [0.15, 0.2) is 11.5 Å². The van der Waals surface area contributed by atoms with Gasteiger partial charge in [0, 0.05) is 11.8 Å². The van der Waals surface area contributed by atoms with E-state index in [2.05, 4.69) is 16.0 Å². The van der Waals surface area contributed by atoms with E-state index >= 15 is 0 Å². The monoisotopic (exact) mass is 484 g/mol. The van der Waals surface area contributed by atoms with Crippen molar-refractivity contribution in [3.8, 4) is 28.5 Å². The molecule has 2 N–H and O–H groups in total. The molecule has 0 radical (unpaired) electrons. The second-order valence-electron chi connectivity index (χ2n) is 8.11. The normalized spacial score (nSPS) is 14.1. The summed E-state index contributed by atoms with van der Waals surface area (Å²) in [4.78, 5) is 25.8. The molecule has 36 heavy (non-hydrogen) atoms. The van der Waals surface area contributed by atoms with Crippen LogP contribution in [0.4, 0.5) is 0 Å². The van der Waals surface area contributed by atoms with Gasteiger partial charge in [-0.3, -0.25) is 25.1 Å². The number of fused-ring (bicyclic) bond motifs is 1. The molecule has 0 bridgehead atoms. The first-order valence-electron chi connectivity index (χ1n) is 11.3. The maximum absolute atomic E-state index is 13.2. The lowest BCUT2D eigenvalue weighted by molar-refractivity contribution is -0.131. The Balaban J connectivity index is 1.34. The number of aromatic nitrogens is 2. The predicted molar refractivity (Wildman–Crippen MR) is 132 cm³/mol. The van der Waals surface area contributed by atoms with E-state index in [0.717, 1.165) is 5.56 Å². The van der Waals surface area contributed by atoms with E-state index in [9.17, 15) is 9.59 Å². The third-order valence-corrected chi connectivity index (χ3v) is 5.64. The van der Waals surface area contributed by atoms with Gasteiger partial charge in [-0.15, -0.1) is 0 Å². The van der Waals surface area contributed by atoms with E-state index in [-0.39, 0.29) is 6.61 Å². The van der Waals surface area contributed by atoms with Gasteiger partial charge in [-0.2, -0.15) is 5.10 Å². The fraction of sp³-hybridized carbons (Fsp3) is 0.148. The van der Waals surface area contributed by atoms with Gasteiger partial charge in [0.05, 0.1) is 19.2 Å². The molecule has 2 amide bonds. The quantitative estimate of drug-likeness (QED) is 0.408. The highest BCUT2D eigenvalue weighted by molar-refractivity contribution is 6.00. The first kappa shape index (κ1) is 23.0. The highest BCUT2D eigenvalue weighted by Crippen LogP contribution is 2.31. The van der Waals surface area contributed by atoms with Crippen LogP contribution in [-0.2, 0) is 11.3 Å². The highest BCUT2D eigenvalue weighted by atomic mass is 16.6. The number of nitrogens with zero attached hydrogens (tertiary/aromatic N) is 2. The van der Waals surface area contributed by atoms with Crippen LogP contribution >= 0.6 is 0 Å². The summed E-state index contributed by atoms with van der Waals surface area (Å²) in [6.45, 7) is 0.507. The number of rotatable bonds is 6. The minimum atomic E-state index is -0.904. The standard InChI is InChI=1S/C27H24N4O5/c1-34-20-11-7-10-19(14-20)25-21(16-31(30-25)15-18-8-3-2-4-9-18)26(32)28-29-27(33)24-17-35-22-12-5-6-13-23(22)36-24/h2-14,16,24H,15,17H2,1H3,(H,28,32)(H,29,33)/t24-/m0/s1. The van der Waals surface area contributed by atoms with Gasteiger partial charge in [0.25, 0.3) is 11.8 Å². The number of amides is 2. The van der Waals surface area contributed by atoms with Crippen molar-refractivity contribution in [3.63, 3.8) is 0 Å². The lowest BCUT2D eigenvalue weighted by Gasteiger charge is -2.25. The van der Waals surface area contributed by atoms with Gasteiger partial charge in [-0.05, 0) is 29.8 Å². The minimum absolute atomic E-state index is 0.0305. The third-order valence-electron chi connectivity index (χ3n) is 5.64. The summed E-state index contributed by atoms with van der Waals surface area (Å²) in [5, 5.41) is 4.66. The predicted octanol–water partition coefficient (Wildman–Crippen LogP) is 3.21. The van der Waals surface area contributed by atoms with Crippen LogP contribution in [0, 0.1) is 0 Å². The van der Waals surface area contributed by atoms with Crippen LogP contribution in [0.5, 0.6) is 17.2 Å². The second kappa shape index (κ2) is 10.2. The van der Waals surface area contributed by atoms with Crippen LogP contribution in [0.25, 0.3) is 11.3 Å². The molecule has 9 heteroatoms. The molecule has 1 aliphatic rings. The number of hydrogen-bond donors (Lipinski definition) is 2. The first-order valence-corrected chi connectivity index (χ1v) is 11.3. The number of hydrazine groups is 1. The fourth-order valence-corrected chi connectivity index (χ4v) is 3.84. The van der Waals surface area contributed by atoms with Crippen molar-refractivity contribution in [2.45, 2.75) is 12.6 Å². The number of hydrogen-bond acceptors (Lipinski definition) is 6. The average Bonchev–Trinajstić information content (AvgIpc) is 3.35. The summed E-state index contributed by atoms with van der Waals surface area (Å²) < 4.78 is 18.3. The number of carbonyl (C=O) groups excluding carboxylic acids is 2. The zero-order valence-electron chi connectivity index (χ0n) is 19.5. The molecule has 4 aromatic rings. The Kier molecular flexibility index (Phi) is 6.53. The molecular weight excluding hydrogens is 460 g/mol. The number of nitrogens with one attached hydrogen (secondary N) is 2. The van der Waals surface area contributed by atoms with E-state index in [1.54, 1.807) is 42.3 Å². The largest absolute Gasteiger partial charge is 0.497 e. The topological polar surface area (TPSA) is 104 Å². The third kappa shape index (κ3) is 5.00. The molecule has 182 valence electrons. The first-order chi connectivity index (χ1) is 17.6.